The first-order valence-corrected chi connectivity index (χ1v) is 4.44. The molecule has 0 amide bonds. The monoisotopic (exact) mass is 170 g/mol. The zero-order chi connectivity index (χ0) is 8.67. The number of pyridine rings is 1. The number of fused-ring (bicyclic) bond motifs is 3. The van der Waals surface area contributed by atoms with Gasteiger partial charge in [-0.15, -0.1) is 0 Å². The number of nitrogens with one attached hydrogen (secondary N) is 1. The maximum Gasteiger partial charge on any atom is 0.0520 e. The van der Waals surface area contributed by atoms with Gasteiger partial charge >= 0.3 is 0 Å². The Bertz CT molecular complexity index is 480. The fourth-order valence-corrected chi connectivity index (χ4v) is 1.84. The van der Waals surface area contributed by atoms with Crippen LogP contribution in [0.4, 0.5) is 0 Å². The summed E-state index contributed by atoms with van der Waals surface area (Å²) in [5.41, 5.74) is 3.93. The van der Waals surface area contributed by atoms with Gasteiger partial charge in [0.05, 0.1) is 5.69 Å². The van der Waals surface area contributed by atoms with E-state index in [0.29, 0.717) is 0 Å². The van der Waals surface area contributed by atoms with Gasteiger partial charge in [-0.1, -0.05) is 6.07 Å². The molecule has 1 aliphatic rings. The molecule has 0 spiro atoms. The van der Waals surface area contributed by atoms with Crippen LogP contribution in [-0.2, 0) is 6.54 Å². The predicted molar refractivity (Wildman–Crippen MR) is 53.3 cm³/mol. The Kier molecular flexibility index (Phi) is 1.25. The summed E-state index contributed by atoms with van der Waals surface area (Å²) in [7, 11) is 0. The lowest BCUT2D eigenvalue weighted by Gasteiger charge is -2.07. The number of aromatic nitrogens is 1. The van der Waals surface area contributed by atoms with Gasteiger partial charge in [-0.25, -0.2) is 0 Å². The Labute approximate surface area is 76.5 Å². The molecule has 0 aromatic carbocycles. The predicted octanol–water partition coefficient (Wildman–Crippen LogP) is 2.01. The third kappa shape index (κ3) is 0.886. The van der Waals surface area contributed by atoms with Crippen molar-refractivity contribution in [3.63, 3.8) is 0 Å². The summed E-state index contributed by atoms with van der Waals surface area (Å²) < 4.78 is 2.21. The Morgan fingerprint density at radius 1 is 1.31 bits per heavy atom. The maximum atomic E-state index is 3.21. The first-order chi connectivity index (χ1) is 6.45. The topological polar surface area (TPSA) is 16.4 Å². The van der Waals surface area contributed by atoms with Gasteiger partial charge in [-0.05, 0) is 36.0 Å². The molecular formula is C11H10N2. The Morgan fingerprint density at radius 2 is 2.31 bits per heavy atom. The zero-order valence-corrected chi connectivity index (χ0v) is 7.20. The summed E-state index contributed by atoms with van der Waals surface area (Å²) in [6, 6.07) is 8.49. The molecule has 2 heteroatoms. The zero-order valence-electron chi connectivity index (χ0n) is 7.20. The highest BCUT2D eigenvalue weighted by molar-refractivity contribution is 5.63. The van der Waals surface area contributed by atoms with Gasteiger partial charge in [0.1, 0.15) is 0 Å². The van der Waals surface area contributed by atoms with Gasteiger partial charge in [0.15, 0.2) is 0 Å². The van der Waals surface area contributed by atoms with E-state index >= 15 is 0 Å². The molecule has 0 fully saturated rings. The molecule has 0 radical (unpaired) electrons. The Hall–Kier alpha value is -1.70. The molecular weight excluding hydrogens is 160 g/mol. The van der Waals surface area contributed by atoms with Crippen LogP contribution in [0.2, 0.25) is 0 Å². The molecule has 0 unspecified atom stereocenters. The van der Waals surface area contributed by atoms with Crippen molar-refractivity contribution in [2.75, 3.05) is 0 Å². The molecule has 1 N–H and O–H groups in total. The van der Waals surface area contributed by atoms with Crippen LogP contribution in [-0.4, -0.2) is 4.40 Å². The molecule has 3 heterocycles. The summed E-state index contributed by atoms with van der Waals surface area (Å²) >= 11 is 0. The van der Waals surface area contributed by atoms with Crippen LogP contribution in [0.3, 0.4) is 0 Å². The number of hydrogen-bond acceptors (Lipinski definition) is 1. The fourth-order valence-electron chi connectivity index (χ4n) is 1.84. The lowest BCUT2D eigenvalue weighted by Crippen LogP contribution is -2.09. The van der Waals surface area contributed by atoms with Crippen molar-refractivity contribution in [2.24, 2.45) is 0 Å². The van der Waals surface area contributed by atoms with Crippen molar-refractivity contribution >= 4 is 11.6 Å². The second kappa shape index (κ2) is 2.39. The average Bonchev–Trinajstić information content (AvgIpc) is 2.56. The minimum absolute atomic E-state index is 0.938. The summed E-state index contributed by atoms with van der Waals surface area (Å²) in [4.78, 5) is 0. The van der Waals surface area contributed by atoms with Gasteiger partial charge in [-0.3, -0.25) is 0 Å². The van der Waals surface area contributed by atoms with E-state index in [1.54, 1.807) is 0 Å². The van der Waals surface area contributed by atoms with Crippen molar-refractivity contribution < 1.29 is 0 Å². The van der Waals surface area contributed by atoms with Crippen LogP contribution in [0.5, 0.6) is 0 Å². The van der Waals surface area contributed by atoms with Gasteiger partial charge in [0.25, 0.3) is 0 Å². The highest BCUT2D eigenvalue weighted by Gasteiger charge is 2.08. The van der Waals surface area contributed by atoms with Crippen LogP contribution in [0.1, 0.15) is 11.3 Å². The molecule has 0 atom stereocenters. The second-order valence-corrected chi connectivity index (χ2v) is 3.26. The molecule has 1 aliphatic heterocycles. The molecule has 0 saturated heterocycles. The molecule has 2 aromatic rings. The maximum absolute atomic E-state index is 3.21. The normalized spacial score (nSPS) is 14.2. The highest BCUT2D eigenvalue weighted by atomic mass is 14.9. The lowest BCUT2D eigenvalue weighted by molar-refractivity contribution is 0.854. The fraction of sp³-hybridized carbons (Fsp3) is 0.0909. The molecule has 0 saturated carbocycles. The van der Waals surface area contributed by atoms with E-state index in [9.17, 15) is 0 Å². The largest absolute Gasteiger partial charge is 0.387 e. The first kappa shape index (κ1) is 6.78. The van der Waals surface area contributed by atoms with Gasteiger partial charge in [0, 0.05) is 18.3 Å². The summed E-state index contributed by atoms with van der Waals surface area (Å²) in [5, 5.41) is 3.21. The van der Waals surface area contributed by atoms with E-state index in [0.717, 1.165) is 6.54 Å². The van der Waals surface area contributed by atoms with Crippen LogP contribution in [0.25, 0.3) is 11.6 Å². The number of rotatable bonds is 0. The van der Waals surface area contributed by atoms with Crippen molar-refractivity contribution in [3.05, 3.63) is 47.9 Å². The van der Waals surface area contributed by atoms with Gasteiger partial charge in [-0.2, -0.15) is 0 Å². The molecule has 0 aliphatic carbocycles. The van der Waals surface area contributed by atoms with E-state index in [2.05, 4.69) is 46.3 Å². The lowest BCUT2D eigenvalue weighted by atomic mass is 10.2. The standard InChI is InChI=1S/C11H10N2/c1-2-6-13-10(3-1)7-9-8-12-5-4-11(9)13/h1-7,12H,8H2. The third-order valence-corrected chi connectivity index (χ3v) is 2.45. The Balaban J connectivity index is 2.42. The van der Waals surface area contributed by atoms with E-state index in [1.807, 2.05) is 6.20 Å². The SMILES string of the molecule is C1=Cc2c(cc3ccccn23)CN1. The van der Waals surface area contributed by atoms with Crippen molar-refractivity contribution in [3.8, 4) is 0 Å². The van der Waals surface area contributed by atoms with Crippen LogP contribution < -0.4 is 5.32 Å². The van der Waals surface area contributed by atoms with E-state index in [4.69, 9.17) is 0 Å². The van der Waals surface area contributed by atoms with E-state index in [-0.39, 0.29) is 0 Å². The highest BCUT2D eigenvalue weighted by Crippen LogP contribution is 2.19. The quantitative estimate of drug-likeness (QED) is 0.639. The second-order valence-electron chi connectivity index (χ2n) is 3.26. The van der Waals surface area contributed by atoms with E-state index in [1.165, 1.54) is 16.8 Å². The first-order valence-electron chi connectivity index (χ1n) is 4.44. The van der Waals surface area contributed by atoms with Crippen molar-refractivity contribution in [1.29, 1.82) is 0 Å². The average molecular weight is 170 g/mol. The number of hydrogen-bond donors (Lipinski definition) is 1. The van der Waals surface area contributed by atoms with Crippen LogP contribution in [0, 0.1) is 0 Å². The summed E-state index contributed by atoms with van der Waals surface area (Å²) in [5.74, 6) is 0. The summed E-state index contributed by atoms with van der Waals surface area (Å²) in [6.07, 6.45) is 6.22. The van der Waals surface area contributed by atoms with Gasteiger partial charge in [0.2, 0.25) is 0 Å². The molecule has 13 heavy (non-hydrogen) atoms. The molecule has 64 valence electrons. The van der Waals surface area contributed by atoms with Crippen LogP contribution >= 0.6 is 0 Å². The smallest absolute Gasteiger partial charge is 0.0520 e. The summed E-state index contributed by atoms with van der Waals surface area (Å²) in [6.45, 7) is 0.938. The minimum atomic E-state index is 0.938. The van der Waals surface area contributed by atoms with Crippen molar-refractivity contribution in [2.45, 2.75) is 6.54 Å². The Morgan fingerprint density at radius 3 is 3.31 bits per heavy atom. The minimum Gasteiger partial charge on any atom is -0.387 e. The number of nitrogens with zero attached hydrogens (tertiary/aromatic N) is 1. The van der Waals surface area contributed by atoms with Crippen LogP contribution in [0.15, 0.2) is 36.7 Å². The molecule has 0 bridgehead atoms. The van der Waals surface area contributed by atoms with Crippen molar-refractivity contribution in [1.82, 2.24) is 9.72 Å². The third-order valence-electron chi connectivity index (χ3n) is 2.45. The van der Waals surface area contributed by atoms with E-state index < -0.39 is 0 Å². The molecule has 3 rings (SSSR count). The molecule has 2 aromatic heterocycles. The van der Waals surface area contributed by atoms with Gasteiger partial charge < -0.3 is 9.72 Å². The molecule has 2 nitrogen and oxygen atoms in total.